The molecule has 1 N–H and O–H groups in total. The van der Waals surface area contributed by atoms with Gasteiger partial charge in [0.1, 0.15) is 0 Å². The number of pyridine rings is 1. The van der Waals surface area contributed by atoms with E-state index in [4.69, 9.17) is 0 Å². The fourth-order valence-corrected chi connectivity index (χ4v) is 3.20. The summed E-state index contributed by atoms with van der Waals surface area (Å²) in [4.78, 5) is 26.2. The first-order valence-corrected chi connectivity index (χ1v) is 7.85. The van der Waals surface area contributed by atoms with E-state index in [9.17, 15) is 9.59 Å². The van der Waals surface area contributed by atoms with Crippen LogP contribution in [-0.4, -0.2) is 40.2 Å². The summed E-state index contributed by atoms with van der Waals surface area (Å²) in [6.45, 7) is 1.36. The second-order valence-electron chi connectivity index (χ2n) is 6.32. The van der Waals surface area contributed by atoms with Crippen LogP contribution in [0.5, 0.6) is 0 Å². The van der Waals surface area contributed by atoms with Gasteiger partial charge < -0.3 is 14.6 Å². The number of hydrogen-bond acceptors (Lipinski definition) is 2. The predicted octanol–water partition coefficient (Wildman–Crippen LogP) is 1.68. The van der Waals surface area contributed by atoms with Crippen molar-refractivity contribution in [3.63, 3.8) is 0 Å². The molecule has 0 radical (unpaired) electrons. The van der Waals surface area contributed by atoms with Gasteiger partial charge in [-0.15, -0.1) is 0 Å². The van der Waals surface area contributed by atoms with Gasteiger partial charge in [-0.3, -0.25) is 9.59 Å². The summed E-state index contributed by atoms with van der Waals surface area (Å²) in [5.74, 6) is 0.423. The summed E-state index contributed by atoms with van der Waals surface area (Å²) >= 11 is 0. The zero-order valence-electron chi connectivity index (χ0n) is 12.4. The van der Waals surface area contributed by atoms with E-state index in [2.05, 4.69) is 5.32 Å². The Balaban J connectivity index is 1.37. The average molecular weight is 297 g/mol. The highest BCUT2D eigenvalue weighted by molar-refractivity contribution is 5.95. The van der Waals surface area contributed by atoms with Crippen molar-refractivity contribution in [1.29, 1.82) is 0 Å². The Labute approximate surface area is 128 Å². The first-order valence-electron chi connectivity index (χ1n) is 7.85. The predicted molar refractivity (Wildman–Crippen MR) is 82.6 cm³/mol. The van der Waals surface area contributed by atoms with Crippen LogP contribution in [0.25, 0.3) is 5.52 Å². The van der Waals surface area contributed by atoms with Gasteiger partial charge in [0.05, 0.1) is 5.56 Å². The minimum Gasteiger partial charge on any atom is -0.352 e. The molecule has 1 atom stereocenters. The molecule has 0 aromatic carbocycles. The van der Waals surface area contributed by atoms with Crippen molar-refractivity contribution >= 4 is 17.3 Å². The number of fused-ring (bicyclic) bond motifs is 1. The zero-order chi connectivity index (χ0) is 15.1. The van der Waals surface area contributed by atoms with Crippen LogP contribution < -0.4 is 5.32 Å². The van der Waals surface area contributed by atoms with Crippen LogP contribution in [0, 0.1) is 5.92 Å². The minimum atomic E-state index is -0.0685. The Kier molecular flexibility index (Phi) is 3.13. The summed E-state index contributed by atoms with van der Waals surface area (Å²) in [5, 5.41) is 2.97. The molecule has 5 heteroatoms. The lowest BCUT2D eigenvalue weighted by Crippen LogP contribution is -2.31. The van der Waals surface area contributed by atoms with Crippen molar-refractivity contribution in [1.82, 2.24) is 14.6 Å². The van der Waals surface area contributed by atoms with Crippen molar-refractivity contribution < 1.29 is 9.59 Å². The summed E-state index contributed by atoms with van der Waals surface area (Å²) in [7, 11) is 0. The Morgan fingerprint density at radius 3 is 2.95 bits per heavy atom. The molecule has 0 spiro atoms. The van der Waals surface area contributed by atoms with Crippen molar-refractivity contribution in [3.8, 4) is 0 Å². The van der Waals surface area contributed by atoms with Crippen LogP contribution in [0.1, 0.15) is 29.6 Å². The zero-order valence-corrected chi connectivity index (χ0v) is 12.4. The van der Waals surface area contributed by atoms with Gasteiger partial charge in [-0.05, 0) is 31.0 Å². The fourth-order valence-electron chi connectivity index (χ4n) is 3.20. The Morgan fingerprint density at radius 2 is 2.18 bits per heavy atom. The van der Waals surface area contributed by atoms with E-state index in [1.54, 1.807) is 0 Å². The fraction of sp³-hybridized carbons (Fsp3) is 0.412. The molecule has 1 aliphatic heterocycles. The van der Waals surface area contributed by atoms with Gasteiger partial charge in [-0.2, -0.15) is 0 Å². The van der Waals surface area contributed by atoms with Crippen LogP contribution in [0.4, 0.5) is 0 Å². The third-order valence-electron chi connectivity index (χ3n) is 4.54. The lowest BCUT2D eigenvalue weighted by molar-refractivity contribution is -0.128. The third-order valence-corrected chi connectivity index (χ3v) is 4.54. The number of aromatic nitrogens is 1. The van der Waals surface area contributed by atoms with Crippen molar-refractivity contribution in [3.05, 3.63) is 42.2 Å². The van der Waals surface area contributed by atoms with Gasteiger partial charge in [-0.1, -0.05) is 6.07 Å². The molecule has 4 rings (SSSR count). The summed E-state index contributed by atoms with van der Waals surface area (Å²) < 4.78 is 1.93. The highest BCUT2D eigenvalue weighted by atomic mass is 16.2. The van der Waals surface area contributed by atoms with Crippen molar-refractivity contribution in [2.45, 2.75) is 25.3 Å². The van der Waals surface area contributed by atoms with Gasteiger partial charge in [0.25, 0.3) is 5.91 Å². The van der Waals surface area contributed by atoms with E-state index >= 15 is 0 Å². The molecule has 1 aliphatic carbocycles. The maximum atomic E-state index is 12.3. The van der Waals surface area contributed by atoms with Gasteiger partial charge in [0, 0.05) is 49.4 Å². The lowest BCUT2D eigenvalue weighted by Gasteiger charge is -2.15. The molecule has 114 valence electrons. The quantitative estimate of drug-likeness (QED) is 0.933. The van der Waals surface area contributed by atoms with Crippen LogP contribution in [0.15, 0.2) is 36.7 Å². The first-order chi connectivity index (χ1) is 10.7. The number of carbonyl (C=O) groups is 2. The topological polar surface area (TPSA) is 53.8 Å². The highest BCUT2D eigenvalue weighted by Crippen LogP contribution is 2.32. The number of nitrogens with one attached hydrogen (secondary N) is 1. The molecule has 1 saturated carbocycles. The molecule has 2 aliphatic rings. The smallest absolute Gasteiger partial charge is 0.252 e. The molecular formula is C17H19N3O2. The van der Waals surface area contributed by atoms with Gasteiger partial charge in [0.2, 0.25) is 5.91 Å². The van der Waals surface area contributed by atoms with E-state index < -0.39 is 0 Å². The average Bonchev–Trinajstić information content (AvgIpc) is 3.15. The van der Waals surface area contributed by atoms with Gasteiger partial charge in [-0.25, -0.2) is 0 Å². The summed E-state index contributed by atoms with van der Waals surface area (Å²) in [6.07, 6.45) is 6.61. The maximum Gasteiger partial charge on any atom is 0.252 e. The van der Waals surface area contributed by atoms with Gasteiger partial charge >= 0.3 is 0 Å². The molecule has 2 aromatic heterocycles. The van der Waals surface area contributed by atoms with Crippen molar-refractivity contribution in [2.24, 2.45) is 5.92 Å². The highest BCUT2D eigenvalue weighted by Gasteiger charge is 2.39. The molecular weight excluding hydrogens is 278 g/mol. The van der Waals surface area contributed by atoms with E-state index in [0.717, 1.165) is 24.9 Å². The SMILES string of the molecule is O=C(NC[C@H]1CC(=O)N(C2CC2)C1)c1cc2ccccn2c1. The second-order valence-corrected chi connectivity index (χ2v) is 6.32. The molecule has 2 fully saturated rings. The van der Waals surface area contributed by atoms with Crippen LogP contribution >= 0.6 is 0 Å². The molecule has 5 nitrogen and oxygen atoms in total. The Hall–Kier alpha value is -2.30. The number of nitrogens with zero attached hydrogens (tertiary/aromatic N) is 2. The van der Waals surface area contributed by atoms with E-state index in [0.29, 0.717) is 24.6 Å². The van der Waals surface area contributed by atoms with Crippen LogP contribution in [0.3, 0.4) is 0 Å². The van der Waals surface area contributed by atoms with Crippen LogP contribution in [0.2, 0.25) is 0 Å². The second kappa shape index (κ2) is 5.16. The van der Waals surface area contributed by atoms with Crippen LogP contribution in [-0.2, 0) is 4.79 Å². The molecule has 0 bridgehead atoms. The minimum absolute atomic E-state index is 0.0685. The Bertz CT molecular complexity index is 699. The maximum absolute atomic E-state index is 12.3. The number of hydrogen-bond donors (Lipinski definition) is 1. The molecule has 3 heterocycles. The molecule has 22 heavy (non-hydrogen) atoms. The van der Waals surface area contributed by atoms with E-state index in [1.807, 2.05) is 46.0 Å². The van der Waals surface area contributed by atoms with Crippen molar-refractivity contribution in [2.75, 3.05) is 13.1 Å². The molecule has 1 saturated heterocycles. The summed E-state index contributed by atoms with van der Waals surface area (Å²) in [6, 6.07) is 8.22. The molecule has 2 aromatic rings. The summed E-state index contributed by atoms with van der Waals surface area (Å²) in [5.41, 5.74) is 1.66. The molecule has 0 unspecified atom stereocenters. The number of likely N-dealkylation sites (tertiary alicyclic amines) is 1. The largest absolute Gasteiger partial charge is 0.352 e. The number of carbonyl (C=O) groups excluding carboxylic acids is 2. The first kappa shape index (κ1) is 13.4. The Morgan fingerprint density at radius 1 is 1.32 bits per heavy atom. The third kappa shape index (κ3) is 2.47. The normalized spacial score (nSPS) is 21.5. The van der Waals surface area contributed by atoms with E-state index in [1.165, 1.54) is 0 Å². The van der Waals surface area contributed by atoms with Gasteiger partial charge in [0.15, 0.2) is 0 Å². The number of rotatable bonds is 4. The monoisotopic (exact) mass is 297 g/mol. The lowest BCUT2D eigenvalue weighted by atomic mass is 10.1. The standard InChI is InChI=1S/C17H19N3O2/c21-16-7-12(10-20(16)14-4-5-14)9-18-17(22)13-8-15-3-1-2-6-19(15)11-13/h1-3,6,8,11-12,14H,4-5,7,9-10H2,(H,18,22)/t12-/m1/s1. The molecule has 2 amide bonds. The number of amides is 2. The van der Waals surface area contributed by atoms with E-state index in [-0.39, 0.29) is 17.7 Å².